The second kappa shape index (κ2) is 15.8. The molecule has 2 aliphatic rings. The van der Waals surface area contributed by atoms with Gasteiger partial charge >= 0.3 is 0 Å². The minimum absolute atomic E-state index is 0.948. The van der Waals surface area contributed by atoms with Gasteiger partial charge in [-0.1, -0.05) is 128 Å². The van der Waals surface area contributed by atoms with Gasteiger partial charge in [0.1, 0.15) is 0 Å². The molecule has 0 saturated heterocycles. The molecule has 0 aromatic heterocycles. The Labute approximate surface area is 182 Å². The van der Waals surface area contributed by atoms with Gasteiger partial charge in [0.2, 0.25) is 0 Å². The molecule has 1 nitrogen and oxygen atoms in total. The largest absolute Gasteiger partial charge is 0.193 e. The smallest absolute Gasteiger partial charge is 0.0912 e. The maximum absolute atomic E-state index is 8.47. The highest BCUT2D eigenvalue weighted by Gasteiger charge is 2.24. The Bertz CT molecular complexity index is 481. The van der Waals surface area contributed by atoms with Crippen LogP contribution in [0.25, 0.3) is 0 Å². The fourth-order valence-electron chi connectivity index (χ4n) is 5.73. The summed E-state index contributed by atoms with van der Waals surface area (Å²) in [4.78, 5) is 0. The van der Waals surface area contributed by atoms with Crippen LogP contribution < -0.4 is 0 Å². The maximum Gasteiger partial charge on any atom is 0.0912 e. The van der Waals surface area contributed by atoms with E-state index in [2.05, 4.69) is 13.0 Å². The molecule has 0 aliphatic heterocycles. The zero-order valence-corrected chi connectivity index (χ0v) is 19.3. The van der Waals surface area contributed by atoms with Crippen molar-refractivity contribution in [2.75, 3.05) is 0 Å². The molecule has 1 heteroatoms. The van der Waals surface area contributed by atoms with Crippen molar-refractivity contribution in [1.82, 2.24) is 0 Å². The van der Waals surface area contributed by atoms with Crippen LogP contribution in [-0.4, -0.2) is 0 Å². The molecule has 2 aliphatic carbocycles. The molecule has 0 heterocycles. The van der Waals surface area contributed by atoms with Crippen LogP contribution in [0.5, 0.6) is 0 Å². The fraction of sp³-hybridized carbons (Fsp3) is 0.821. The van der Waals surface area contributed by atoms with Crippen LogP contribution in [0.15, 0.2) is 24.3 Å². The van der Waals surface area contributed by atoms with E-state index in [1.54, 1.807) is 6.08 Å². The predicted molar refractivity (Wildman–Crippen MR) is 127 cm³/mol. The van der Waals surface area contributed by atoms with E-state index < -0.39 is 0 Å². The number of unbranched alkanes of at least 4 members (excludes halogenated alkanes) is 4. The van der Waals surface area contributed by atoms with E-state index in [1.807, 2.05) is 18.2 Å². The average molecular weight is 398 g/mol. The lowest BCUT2D eigenvalue weighted by Gasteiger charge is -2.32. The first-order valence-electron chi connectivity index (χ1n) is 13.0. The first-order chi connectivity index (χ1) is 14.3. The monoisotopic (exact) mass is 397 g/mol. The highest BCUT2D eigenvalue weighted by Crippen LogP contribution is 2.38. The van der Waals surface area contributed by atoms with Gasteiger partial charge in [0, 0.05) is 6.08 Å². The summed E-state index contributed by atoms with van der Waals surface area (Å²) < 4.78 is 0. The van der Waals surface area contributed by atoms with E-state index in [1.165, 1.54) is 116 Å². The molecule has 2 fully saturated rings. The number of nitriles is 1. The van der Waals surface area contributed by atoms with E-state index in [4.69, 9.17) is 5.26 Å². The van der Waals surface area contributed by atoms with Crippen LogP contribution in [0, 0.1) is 35.0 Å². The Morgan fingerprint density at radius 2 is 1.17 bits per heavy atom. The van der Waals surface area contributed by atoms with Gasteiger partial charge in [-0.2, -0.15) is 5.26 Å². The summed E-state index contributed by atoms with van der Waals surface area (Å²) >= 11 is 0. The number of nitrogens with zero attached hydrogens (tertiary/aromatic N) is 1. The molecule has 0 radical (unpaired) electrons. The van der Waals surface area contributed by atoms with E-state index in [9.17, 15) is 0 Å². The summed E-state index contributed by atoms with van der Waals surface area (Å²) in [5.74, 6) is 4.09. The Kier molecular flexibility index (Phi) is 13.2. The highest BCUT2D eigenvalue weighted by molar-refractivity contribution is 5.11. The van der Waals surface area contributed by atoms with E-state index in [-0.39, 0.29) is 0 Å². The summed E-state index contributed by atoms with van der Waals surface area (Å²) in [6, 6.07) is 2.03. The Hall–Kier alpha value is -1.03. The third-order valence-electron chi connectivity index (χ3n) is 7.79. The maximum atomic E-state index is 8.47. The zero-order valence-electron chi connectivity index (χ0n) is 19.3. The Morgan fingerprint density at radius 1 is 0.655 bits per heavy atom. The molecule has 0 aromatic rings. The van der Waals surface area contributed by atoms with Crippen molar-refractivity contribution in [2.24, 2.45) is 23.7 Å². The van der Waals surface area contributed by atoms with E-state index in [0.29, 0.717) is 0 Å². The van der Waals surface area contributed by atoms with E-state index in [0.717, 1.165) is 23.7 Å². The molecule has 0 unspecified atom stereocenters. The minimum Gasteiger partial charge on any atom is -0.193 e. The first kappa shape index (κ1) is 24.2. The SMILES string of the molecule is CCCCCCC[C@H]1CC[C@H](CC[C@H]2CC[C@H](CCC=CC=CC#N)CC2)CC1. The van der Waals surface area contributed by atoms with Gasteiger partial charge < -0.3 is 0 Å². The topological polar surface area (TPSA) is 23.8 Å². The second-order valence-corrected chi connectivity index (χ2v) is 10.0. The van der Waals surface area contributed by atoms with Crippen molar-refractivity contribution < 1.29 is 0 Å². The average Bonchev–Trinajstić information content (AvgIpc) is 2.76. The molecule has 0 aromatic carbocycles. The normalized spacial score (nSPS) is 28.1. The van der Waals surface area contributed by atoms with Crippen LogP contribution in [0.4, 0.5) is 0 Å². The van der Waals surface area contributed by atoms with Gasteiger partial charge in [-0.05, 0) is 36.5 Å². The van der Waals surface area contributed by atoms with Crippen molar-refractivity contribution in [2.45, 2.75) is 122 Å². The third kappa shape index (κ3) is 11.1. The number of allylic oxidation sites excluding steroid dienone is 4. The second-order valence-electron chi connectivity index (χ2n) is 10.0. The summed E-state index contributed by atoms with van der Waals surface area (Å²) in [6.07, 6.45) is 33.9. The molecule has 0 amide bonds. The number of rotatable bonds is 13. The third-order valence-corrected chi connectivity index (χ3v) is 7.79. The lowest BCUT2D eigenvalue weighted by atomic mass is 9.74. The molecule has 0 N–H and O–H groups in total. The molecule has 0 atom stereocenters. The molecule has 0 spiro atoms. The van der Waals surface area contributed by atoms with Crippen LogP contribution in [0.2, 0.25) is 0 Å². The van der Waals surface area contributed by atoms with Crippen LogP contribution in [0.3, 0.4) is 0 Å². The zero-order chi connectivity index (χ0) is 20.6. The van der Waals surface area contributed by atoms with Crippen molar-refractivity contribution >= 4 is 0 Å². The van der Waals surface area contributed by atoms with Crippen LogP contribution in [0.1, 0.15) is 122 Å². The standard InChI is InChI=1S/C28H47N/c1-2-3-4-6-9-12-25-14-18-27(19-15-25)22-23-28-20-16-26(17-21-28)13-10-7-5-8-11-24-29/h5,7-8,11,25-28H,2-4,6,9-10,12-23H2,1H3/t25-,26-,27-,28-. The van der Waals surface area contributed by atoms with Gasteiger partial charge in [0.15, 0.2) is 0 Å². The van der Waals surface area contributed by atoms with Crippen molar-refractivity contribution in [3.8, 4) is 6.07 Å². The molecule has 2 rings (SSSR count). The summed E-state index contributed by atoms with van der Waals surface area (Å²) in [6.45, 7) is 2.31. The first-order valence-corrected chi connectivity index (χ1v) is 13.0. The predicted octanol–water partition coefficient (Wildman–Crippen LogP) is 9.16. The molecule has 164 valence electrons. The molecule has 29 heavy (non-hydrogen) atoms. The summed E-state index contributed by atoms with van der Waals surface area (Å²) in [7, 11) is 0. The number of hydrogen-bond acceptors (Lipinski definition) is 1. The van der Waals surface area contributed by atoms with Gasteiger partial charge in [0.25, 0.3) is 0 Å². The Morgan fingerprint density at radius 3 is 1.72 bits per heavy atom. The van der Waals surface area contributed by atoms with E-state index >= 15 is 0 Å². The summed E-state index contributed by atoms with van der Waals surface area (Å²) in [5, 5.41) is 8.47. The van der Waals surface area contributed by atoms with Gasteiger partial charge in [-0.25, -0.2) is 0 Å². The van der Waals surface area contributed by atoms with Crippen molar-refractivity contribution in [3.63, 3.8) is 0 Å². The Balaban J connectivity index is 1.47. The van der Waals surface area contributed by atoms with Gasteiger partial charge in [-0.3, -0.25) is 0 Å². The van der Waals surface area contributed by atoms with Crippen molar-refractivity contribution in [1.29, 1.82) is 5.26 Å². The lowest BCUT2D eigenvalue weighted by molar-refractivity contribution is 0.208. The van der Waals surface area contributed by atoms with Crippen LogP contribution >= 0.6 is 0 Å². The molecular weight excluding hydrogens is 350 g/mol. The van der Waals surface area contributed by atoms with Gasteiger partial charge in [-0.15, -0.1) is 0 Å². The molecule has 0 bridgehead atoms. The highest BCUT2D eigenvalue weighted by atomic mass is 14.3. The van der Waals surface area contributed by atoms with Crippen molar-refractivity contribution in [3.05, 3.63) is 24.3 Å². The van der Waals surface area contributed by atoms with Crippen LogP contribution in [-0.2, 0) is 0 Å². The lowest BCUT2D eigenvalue weighted by Crippen LogP contribution is -2.18. The quantitative estimate of drug-likeness (QED) is 0.173. The number of hydrogen-bond donors (Lipinski definition) is 0. The molecular formula is C28H47N. The minimum atomic E-state index is 0.948. The fourth-order valence-corrected chi connectivity index (χ4v) is 5.73. The summed E-state index contributed by atoms with van der Waals surface area (Å²) in [5.41, 5.74) is 0. The van der Waals surface area contributed by atoms with Gasteiger partial charge in [0.05, 0.1) is 6.07 Å². The molecule has 2 saturated carbocycles.